The Balaban J connectivity index is 2.14. The van der Waals surface area contributed by atoms with Gasteiger partial charge in [-0.05, 0) is 12.1 Å². The van der Waals surface area contributed by atoms with Crippen LogP contribution in [0.5, 0.6) is 5.75 Å². The molecule has 0 unspecified atom stereocenters. The summed E-state index contributed by atoms with van der Waals surface area (Å²) in [7, 11) is 4.88. The van der Waals surface area contributed by atoms with Crippen molar-refractivity contribution in [2.24, 2.45) is 0 Å². The third-order valence-corrected chi connectivity index (χ3v) is 4.47. The molecule has 0 aliphatic rings. The molecule has 0 aliphatic heterocycles. The minimum atomic E-state index is -0.416. The van der Waals surface area contributed by atoms with Crippen molar-refractivity contribution >= 4 is 21.6 Å². The molecular weight excluding hydrogens is 298 g/mol. The monoisotopic (exact) mass is 315 g/mol. The number of nitrogens with zero attached hydrogens (tertiary/aromatic N) is 1. The van der Waals surface area contributed by atoms with Crippen LogP contribution in [0.25, 0.3) is 20.8 Å². The molecule has 5 heteroatoms. The number of hydrogen-bond acceptors (Lipinski definition) is 5. The van der Waals surface area contributed by atoms with Crippen LogP contribution in [0.3, 0.4) is 0 Å². The smallest absolute Gasteiger partial charge is 0.183 e. The predicted octanol–water partition coefficient (Wildman–Crippen LogP) is 4.26. The molecule has 22 heavy (non-hydrogen) atoms. The van der Waals surface area contributed by atoms with Crippen molar-refractivity contribution < 1.29 is 14.2 Å². The first-order valence-corrected chi connectivity index (χ1v) is 7.68. The number of hydrogen-bond donors (Lipinski definition) is 0. The van der Waals surface area contributed by atoms with Crippen molar-refractivity contribution in [1.82, 2.24) is 4.98 Å². The third kappa shape index (κ3) is 2.70. The molecule has 0 N–H and O–H groups in total. The minimum Gasteiger partial charge on any atom is -0.494 e. The molecule has 1 heterocycles. The highest BCUT2D eigenvalue weighted by Gasteiger charge is 2.16. The van der Waals surface area contributed by atoms with Crippen molar-refractivity contribution in [2.75, 3.05) is 21.3 Å². The average Bonchev–Trinajstić information content (AvgIpc) is 3.00. The first-order valence-electron chi connectivity index (χ1n) is 6.86. The molecule has 1 aromatic heterocycles. The maximum absolute atomic E-state index is 5.49. The van der Waals surface area contributed by atoms with Crippen LogP contribution < -0.4 is 4.74 Å². The van der Waals surface area contributed by atoms with Crippen molar-refractivity contribution in [3.8, 4) is 16.3 Å². The molecule has 114 valence electrons. The van der Waals surface area contributed by atoms with Gasteiger partial charge in [-0.15, -0.1) is 11.3 Å². The molecule has 0 radical (unpaired) electrons. The van der Waals surface area contributed by atoms with E-state index in [2.05, 4.69) is 12.1 Å². The summed E-state index contributed by atoms with van der Waals surface area (Å²) >= 11 is 1.63. The van der Waals surface area contributed by atoms with E-state index < -0.39 is 6.29 Å². The van der Waals surface area contributed by atoms with Gasteiger partial charge in [-0.1, -0.05) is 30.3 Å². The van der Waals surface area contributed by atoms with Gasteiger partial charge in [0.1, 0.15) is 16.3 Å². The molecule has 0 aliphatic carbocycles. The Hall–Kier alpha value is -1.95. The Bertz CT molecular complexity index is 766. The van der Waals surface area contributed by atoms with Gasteiger partial charge in [0.05, 0.1) is 11.8 Å². The van der Waals surface area contributed by atoms with E-state index in [9.17, 15) is 0 Å². The second-order valence-electron chi connectivity index (χ2n) is 4.76. The topological polar surface area (TPSA) is 40.6 Å². The lowest BCUT2D eigenvalue weighted by atomic mass is 10.2. The van der Waals surface area contributed by atoms with E-state index in [4.69, 9.17) is 19.2 Å². The zero-order chi connectivity index (χ0) is 15.5. The van der Waals surface area contributed by atoms with E-state index in [0.717, 1.165) is 32.1 Å². The molecule has 3 aromatic rings. The highest BCUT2D eigenvalue weighted by atomic mass is 32.1. The minimum absolute atomic E-state index is 0.416. The molecule has 2 aromatic carbocycles. The molecule has 0 saturated heterocycles. The van der Waals surface area contributed by atoms with Gasteiger partial charge < -0.3 is 14.2 Å². The summed E-state index contributed by atoms with van der Waals surface area (Å²) in [5.74, 6) is 0.727. The second kappa shape index (κ2) is 6.44. The van der Waals surface area contributed by atoms with Gasteiger partial charge in [0.25, 0.3) is 0 Å². The highest BCUT2D eigenvalue weighted by Crippen LogP contribution is 2.37. The van der Waals surface area contributed by atoms with Crippen LogP contribution in [-0.4, -0.2) is 26.3 Å². The Labute approximate surface area is 133 Å². The van der Waals surface area contributed by atoms with Gasteiger partial charge in [0, 0.05) is 25.3 Å². The Morgan fingerprint density at radius 3 is 2.36 bits per heavy atom. The van der Waals surface area contributed by atoms with E-state index >= 15 is 0 Å². The first kappa shape index (κ1) is 15.0. The second-order valence-corrected chi connectivity index (χ2v) is 5.79. The van der Waals surface area contributed by atoms with Crippen molar-refractivity contribution in [3.05, 3.63) is 48.0 Å². The fourth-order valence-electron chi connectivity index (χ4n) is 2.38. The van der Waals surface area contributed by atoms with E-state index in [1.165, 1.54) is 0 Å². The predicted molar refractivity (Wildman–Crippen MR) is 88.4 cm³/mol. The van der Waals surface area contributed by atoms with Crippen LogP contribution in [0, 0.1) is 0 Å². The molecular formula is C17H17NO3S. The molecule has 4 nitrogen and oxygen atoms in total. The van der Waals surface area contributed by atoms with Crippen LogP contribution >= 0.6 is 11.3 Å². The maximum atomic E-state index is 5.49. The Kier molecular flexibility index (Phi) is 4.38. The average molecular weight is 315 g/mol. The largest absolute Gasteiger partial charge is 0.494 e. The van der Waals surface area contributed by atoms with Crippen molar-refractivity contribution in [1.29, 1.82) is 0 Å². The number of fused-ring (bicyclic) bond motifs is 1. The zero-order valence-electron chi connectivity index (χ0n) is 12.7. The summed E-state index contributed by atoms with van der Waals surface area (Å²) in [5, 5.41) is 0.970. The third-order valence-electron chi connectivity index (χ3n) is 3.42. The quantitative estimate of drug-likeness (QED) is 0.660. The number of methoxy groups -OCH3 is 3. The molecule has 0 saturated carbocycles. The van der Waals surface area contributed by atoms with Crippen LogP contribution in [0.15, 0.2) is 42.5 Å². The lowest BCUT2D eigenvalue weighted by molar-refractivity contribution is -0.106. The lowest BCUT2D eigenvalue weighted by Gasteiger charge is -2.14. The van der Waals surface area contributed by atoms with Crippen LogP contribution in [0.4, 0.5) is 0 Å². The SMILES string of the molecule is COc1cc(C(OC)OC)cc2sc(-c3ccccc3)nc12. The number of rotatable bonds is 5. The summed E-state index contributed by atoms with van der Waals surface area (Å²) in [6.07, 6.45) is -0.416. The summed E-state index contributed by atoms with van der Waals surface area (Å²) in [6.45, 7) is 0. The van der Waals surface area contributed by atoms with Crippen molar-refractivity contribution in [3.63, 3.8) is 0 Å². The van der Waals surface area contributed by atoms with Gasteiger partial charge in [-0.3, -0.25) is 0 Å². The zero-order valence-corrected chi connectivity index (χ0v) is 13.5. The van der Waals surface area contributed by atoms with Crippen LogP contribution in [-0.2, 0) is 9.47 Å². The number of thiazole rings is 1. The fraction of sp³-hybridized carbons (Fsp3) is 0.235. The molecule has 0 atom stereocenters. The van der Waals surface area contributed by atoms with E-state index in [0.29, 0.717) is 0 Å². The fourth-order valence-corrected chi connectivity index (χ4v) is 3.42. The van der Waals surface area contributed by atoms with Gasteiger partial charge >= 0.3 is 0 Å². The van der Waals surface area contributed by atoms with E-state index in [-0.39, 0.29) is 0 Å². The van der Waals surface area contributed by atoms with Gasteiger partial charge in [0.2, 0.25) is 0 Å². The molecule has 3 rings (SSSR count). The summed E-state index contributed by atoms with van der Waals surface area (Å²) in [4.78, 5) is 4.72. The number of benzene rings is 2. The Morgan fingerprint density at radius 2 is 1.73 bits per heavy atom. The van der Waals surface area contributed by atoms with Gasteiger partial charge in [-0.2, -0.15) is 0 Å². The number of ether oxygens (including phenoxy) is 3. The molecule has 0 amide bonds. The standard InChI is InChI=1S/C17H17NO3S/c1-19-13-9-12(17(20-2)21-3)10-14-15(13)18-16(22-14)11-7-5-4-6-8-11/h4-10,17H,1-3H3. The van der Waals surface area contributed by atoms with Crippen molar-refractivity contribution in [2.45, 2.75) is 6.29 Å². The number of aromatic nitrogens is 1. The lowest BCUT2D eigenvalue weighted by Crippen LogP contribution is -2.03. The highest BCUT2D eigenvalue weighted by molar-refractivity contribution is 7.21. The Morgan fingerprint density at radius 1 is 1.00 bits per heavy atom. The molecule has 0 bridgehead atoms. The summed E-state index contributed by atoms with van der Waals surface area (Å²) in [5.41, 5.74) is 2.88. The van der Waals surface area contributed by atoms with Gasteiger partial charge in [0.15, 0.2) is 6.29 Å². The molecule has 0 fully saturated rings. The van der Waals surface area contributed by atoms with Gasteiger partial charge in [-0.25, -0.2) is 4.98 Å². The van der Waals surface area contributed by atoms with Crippen LogP contribution in [0.2, 0.25) is 0 Å². The van der Waals surface area contributed by atoms with Crippen LogP contribution in [0.1, 0.15) is 11.9 Å². The summed E-state index contributed by atoms with van der Waals surface area (Å²) < 4.78 is 17.2. The maximum Gasteiger partial charge on any atom is 0.183 e. The van der Waals surface area contributed by atoms with E-state index in [1.807, 2.05) is 30.3 Å². The van der Waals surface area contributed by atoms with E-state index in [1.54, 1.807) is 32.7 Å². The summed E-state index contributed by atoms with van der Waals surface area (Å²) in [6, 6.07) is 14.1. The normalized spacial score (nSPS) is 11.3. The first-order chi connectivity index (χ1) is 10.8. The molecule has 0 spiro atoms.